The second-order valence-corrected chi connectivity index (χ2v) is 11.6. The fourth-order valence-electron chi connectivity index (χ4n) is 6.26. The van der Waals surface area contributed by atoms with Crippen molar-refractivity contribution in [2.45, 2.75) is 0 Å². The minimum absolute atomic E-state index is 0.508. The van der Waals surface area contributed by atoms with E-state index in [1.165, 1.54) is 10.8 Å². The molecule has 0 N–H and O–H groups in total. The topological polar surface area (TPSA) is 62.5 Å². The number of rotatable bonds is 6. The Morgan fingerprint density at radius 3 is 1.67 bits per heavy atom. The number of nitrogens with zero attached hydrogens (tertiary/aromatic N) is 4. The predicted molar refractivity (Wildman–Crippen MR) is 195 cm³/mol. The van der Waals surface area contributed by atoms with E-state index in [2.05, 4.69) is 127 Å². The van der Waals surface area contributed by atoms with Crippen LogP contribution in [0.1, 0.15) is 5.56 Å². The summed E-state index contributed by atoms with van der Waals surface area (Å²) in [6.07, 6.45) is 0. The SMILES string of the molecule is N#Cc1cccc(-c2nc(-c3ccc(-c4ccccc4)cc3)nc(-c3cccc(-c4cccc5ccccc45)c3-c3ccccc3)n2)c1. The van der Waals surface area contributed by atoms with E-state index in [0.29, 0.717) is 23.0 Å². The molecule has 0 saturated heterocycles. The van der Waals surface area contributed by atoms with Crippen LogP contribution in [0.4, 0.5) is 0 Å². The Morgan fingerprint density at radius 1 is 0.375 bits per heavy atom. The third-order valence-corrected chi connectivity index (χ3v) is 8.58. The number of nitriles is 1. The summed E-state index contributed by atoms with van der Waals surface area (Å²) in [5.41, 5.74) is 9.69. The maximum absolute atomic E-state index is 9.67. The summed E-state index contributed by atoms with van der Waals surface area (Å²) in [4.78, 5) is 15.2. The highest BCUT2D eigenvalue weighted by Crippen LogP contribution is 2.42. The van der Waals surface area contributed by atoms with Gasteiger partial charge in [0.1, 0.15) is 0 Å². The van der Waals surface area contributed by atoms with Crippen LogP contribution in [-0.2, 0) is 0 Å². The molecule has 4 nitrogen and oxygen atoms in total. The van der Waals surface area contributed by atoms with Crippen molar-refractivity contribution in [3.05, 3.63) is 175 Å². The van der Waals surface area contributed by atoms with Crippen molar-refractivity contribution in [1.29, 1.82) is 5.26 Å². The van der Waals surface area contributed by atoms with Crippen LogP contribution in [0.3, 0.4) is 0 Å². The highest BCUT2D eigenvalue weighted by atomic mass is 15.0. The highest BCUT2D eigenvalue weighted by Gasteiger charge is 2.20. The molecule has 1 aromatic heterocycles. The van der Waals surface area contributed by atoms with Crippen LogP contribution in [-0.4, -0.2) is 15.0 Å². The van der Waals surface area contributed by atoms with E-state index in [1.54, 1.807) is 6.07 Å². The predicted octanol–water partition coefficient (Wildman–Crippen LogP) is 10.9. The van der Waals surface area contributed by atoms with Gasteiger partial charge < -0.3 is 0 Å². The lowest BCUT2D eigenvalue weighted by atomic mass is 9.88. The van der Waals surface area contributed by atoms with Gasteiger partial charge in [-0.25, -0.2) is 15.0 Å². The zero-order chi connectivity index (χ0) is 32.3. The van der Waals surface area contributed by atoms with Crippen molar-refractivity contribution in [2.24, 2.45) is 0 Å². The van der Waals surface area contributed by atoms with E-state index in [4.69, 9.17) is 15.0 Å². The molecule has 0 aliphatic carbocycles. The lowest BCUT2D eigenvalue weighted by Gasteiger charge is -2.17. The van der Waals surface area contributed by atoms with Gasteiger partial charge in [-0.3, -0.25) is 0 Å². The molecule has 7 aromatic carbocycles. The molecule has 0 spiro atoms. The van der Waals surface area contributed by atoms with Crippen LogP contribution in [0.2, 0.25) is 0 Å². The van der Waals surface area contributed by atoms with Crippen molar-refractivity contribution in [2.75, 3.05) is 0 Å². The lowest BCUT2D eigenvalue weighted by molar-refractivity contribution is 1.07. The molecule has 0 fully saturated rings. The first-order valence-corrected chi connectivity index (χ1v) is 15.8. The normalized spacial score (nSPS) is 10.9. The summed E-state index contributed by atoms with van der Waals surface area (Å²) >= 11 is 0. The first kappa shape index (κ1) is 28.8. The van der Waals surface area contributed by atoms with Crippen molar-refractivity contribution in [3.8, 4) is 73.6 Å². The molecule has 0 amide bonds. The Morgan fingerprint density at radius 2 is 0.896 bits per heavy atom. The maximum Gasteiger partial charge on any atom is 0.164 e. The van der Waals surface area contributed by atoms with Gasteiger partial charge in [0.05, 0.1) is 11.6 Å². The van der Waals surface area contributed by atoms with Gasteiger partial charge in [0.25, 0.3) is 0 Å². The summed E-state index contributed by atoms with van der Waals surface area (Å²) in [6, 6.07) is 60.0. The summed E-state index contributed by atoms with van der Waals surface area (Å²) in [7, 11) is 0. The molecule has 0 saturated carbocycles. The van der Waals surface area contributed by atoms with Crippen LogP contribution in [0.15, 0.2) is 170 Å². The molecule has 8 aromatic rings. The van der Waals surface area contributed by atoms with Gasteiger partial charge in [0.2, 0.25) is 0 Å². The smallest absolute Gasteiger partial charge is 0.164 e. The average molecular weight is 613 g/mol. The van der Waals surface area contributed by atoms with Crippen molar-refractivity contribution >= 4 is 10.8 Å². The molecule has 0 radical (unpaired) electrons. The molecule has 0 aliphatic heterocycles. The molecule has 1 heterocycles. The molecule has 0 atom stereocenters. The van der Waals surface area contributed by atoms with E-state index in [0.717, 1.165) is 50.1 Å². The first-order chi connectivity index (χ1) is 23.7. The largest absolute Gasteiger partial charge is 0.208 e. The van der Waals surface area contributed by atoms with Crippen LogP contribution >= 0.6 is 0 Å². The van der Waals surface area contributed by atoms with Gasteiger partial charge in [-0.05, 0) is 50.7 Å². The van der Waals surface area contributed by atoms with Crippen LogP contribution < -0.4 is 0 Å². The lowest BCUT2D eigenvalue weighted by Crippen LogP contribution is -2.02. The summed E-state index contributed by atoms with van der Waals surface area (Å²) in [5, 5.41) is 12.0. The van der Waals surface area contributed by atoms with E-state index in [9.17, 15) is 5.26 Å². The fourth-order valence-corrected chi connectivity index (χ4v) is 6.26. The van der Waals surface area contributed by atoms with E-state index in [-0.39, 0.29) is 0 Å². The van der Waals surface area contributed by atoms with E-state index in [1.807, 2.05) is 42.5 Å². The number of fused-ring (bicyclic) bond motifs is 1. The molecule has 0 unspecified atom stereocenters. The van der Waals surface area contributed by atoms with Gasteiger partial charge in [-0.1, -0.05) is 158 Å². The number of hydrogen-bond acceptors (Lipinski definition) is 4. The van der Waals surface area contributed by atoms with E-state index >= 15 is 0 Å². The Labute approximate surface area is 279 Å². The minimum Gasteiger partial charge on any atom is -0.208 e. The summed E-state index contributed by atoms with van der Waals surface area (Å²) in [6.45, 7) is 0. The molecular weight excluding hydrogens is 585 g/mol. The van der Waals surface area contributed by atoms with E-state index < -0.39 is 0 Å². The van der Waals surface area contributed by atoms with Gasteiger partial charge in [0.15, 0.2) is 17.5 Å². The van der Waals surface area contributed by atoms with Crippen LogP contribution in [0.5, 0.6) is 0 Å². The Bertz CT molecular complexity index is 2440. The zero-order valence-electron chi connectivity index (χ0n) is 26.0. The van der Waals surface area contributed by atoms with Crippen LogP contribution in [0.25, 0.3) is 78.3 Å². The van der Waals surface area contributed by atoms with Gasteiger partial charge in [-0.15, -0.1) is 0 Å². The standard InChI is InChI=1S/C44H28N4/c45-29-30-12-9-19-36(28-30)43-46-42(35-26-24-32(25-27-35)31-13-3-1-4-14-31)47-44(48-43)40-23-11-22-39(41(40)34-16-5-2-6-17-34)38-21-10-18-33-15-7-8-20-37(33)38/h1-28H. The second-order valence-electron chi connectivity index (χ2n) is 11.6. The molecule has 48 heavy (non-hydrogen) atoms. The first-order valence-electron chi connectivity index (χ1n) is 15.8. The fraction of sp³-hybridized carbons (Fsp3) is 0. The molecule has 0 aliphatic rings. The van der Waals surface area contributed by atoms with Gasteiger partial charge >= 0.3 is 0 Å². The quantitative estimate of drug-likeness (QED) is 0.187. The zero-order valence-corrected chi connectivity index (χ0v) is 26.0. The third kappa shape index (κ3) is 5.51. The minimum atomic E-state index is 0.508. The molecule has 224 valence electrons. The maximum atomic E-state index is 9.67. The van der Waals surface area contributed by atoms with Gasteiger partial charge in [0, 0.05) is 22.3 Å². The molecule has 8 rings (SSSR count). The monoisotopic (exact) mass is 612 g/mol. The molecule has 4 heteroatoms. The number of aromatic nitrogens is 3. The summed E-state index contributed by atoms with van der Waals surface area (Å²) in [5.74, 6) is 1.63. The Hall–Kier alpha value is -6.70. The van der Waals surface area contributed by atoms with Crippen LogP contribution in [0, 0.1) is 11.3 Å². The number of hydrogen-bond donors (Lipinski definition) is 0. The average Bonchev–Trinajstić information content (AvgIpc) is 3.18. The van der Waals surface area contributed by atoms with Gasteiger partial charge in [-0.2, -0.15) is 5.26 Å². The highest BCUT2D eigenvalue weighted by molar-refractivity contribution is 6.03. The second kappa shape index (κ2) is 12.6. The number of benzene rings is 7. The Kier molecular flexibility index (Phi) is 7.54. The van der Waals surface area contributed by atoms with Crippen molar-refractivity contribution in [3.63, 3.8) is 0 Å². The third-order valence-electron chi connectivity index (χ3n) is 8.58. The molecule has 0 bridgehead atoms. The molecular formula is C44H28N4. The Balaban J connectivity index is 1.37. The van der Waals surface area contributed by atoms with Crippen molar-refractivity contribution in [1.82, 2.24) is 15.0 Å². The summed E-state index contributed by atoms with van der Waals surface area (Å²) < 4.78 is 0. The van der Waals surface area contributed by atoms with Crippen molar-refractivity contribution < 1.29 is 0 Å².